The Balaban J connectivity index is 0.00000254. The Morgan fingerprint density at radius 2 is 1.88 bits per heavy atom. The van der Waals surface area contributed by atoms with E-state index in [0.717, 1.165) is 0 Å². The van der Waals surface area contributed by atoms with Gasteiger partial charge in [-0.3, -0.25) is 4.79 Å². The van der Waals surface area contributed by atoms with E-state index in [1.54, 1.807) is 32.2 Å². The van der Waals surface area contributed by atoms with E-state index in [1.165, 1.54) is 7.11 Å². The van der Waals surface area contributed by atoms with Gasteiger partial charge in [0.2, 0.25) is 0 Å². The smallest absolute Gasteiger partial charge is 0.328 e. The maximum absolute atomic E-state index is 12.2. The van der Waals surface area contributed by atoms with Crippen LogP contribution in [0.25, 0.3) is 0 Å². The van der Waals surface area contributed by atoms with Gasteiger partial charge < -0.3 is 25.3 Å². The Bertz CT molecular complexity index is 520. The molecule has 1 aromatic carbocycles. The number of esters is 1. The lowest BCUT2D eigenvalue weighted by atomic mass is 10.1. The fraction of sp³-hybridized carbons (Fsp3) is 0.529. The van der Waals surface area contributed by atoms with Crippen LogP contribution in [0.5, 0.6) is 5.75 Å². The Hall–Kier alpha value is -2.28. The van der Waals surface area contributed by atoms with Crippen LogP contribution in [0.2, 0.25) is 0 Å². The Kier molecular flexibility index (Phi) is 11.0. The van der Waals surface area contributed by atoms with E-state index in [2.05, 4.69) is 10.1 Å². The molecule has 1 aromatic rings. The molecule has 7 nitrogen and oxygen atoms in total. The number of methoxy groups -OCH3 is 2. The highest BCUT2D eigenvalue weighted by atomic mass is 16.5. The van der Waals surface area contributed by atoms with Crippen molar-refractivity contribution < 1.29 is 23.8 Å². The van der Waals surface area contributed by atoms with Gasteiger partial charge >= 0.3 is 5.97 Å². The van der Waals surface area contributed by atoms with Crippen molar-refractivity contribution >= 4 is 17.6 Å². The molecule has 0 radical (unpaired) electrons. The first-order valence-corrected chi connectivity index (χ1v) is 7.93. The van der Waals surface area contributed by atoms with Crippen molar-refractivity contribution in [2.45, 2.75) is 33.2 Å². The van der Waals surface area contributed by atoms with Gasteiger partial charge in [0.25, 0.3) is 5.91 Å². The molecule has 0 fully saturated rings. The molecule has 7 heteroatoms. The lowest BCUT2D eigenvalue weighted by Gasteiger charge is -2.15. The highest BCUT2D eigenvalue weighted by Crippen LogP contribution is 2.20. The van der Waals surface area contributed by atoms with E-state index in [1.807, 2.05) is 13.8 Å². The van der Waals surface area contributed by atoms with Crippen LogP contribution in [-0.4, -0.2) is 45.4 Å². The standard InChI is InChI=1S/C15H22N2O5.C2H6/c1-4-13(15(19)21-3)17-14(18)11-6-5-10(9-12(11)16)22-8-7-20-2;1-2/h5-6,9,13H,4,7-8,16H2,1-3H3,(H,17,18);1-2H3. The number of carbonyl (C=O) groups is 2. The third-order valence-corrected chi connectivity index (χ3v) is 3.02. The summed E-state index contributed by atoms with van der Waals surface area (Å²) in [6, 6.07) is 4.05. The molecule has 0 saturated heterocycles. The van der Waals surface area contributed by atoms with E-state index in [9.17, 15) is 9.59 Å². The molecule has 1 atom stereocenters. The van der Waals surface area contributed by atoms with Crippen LogP contribution in [0.3, 0.4) is 0 Å². The molecular formula is C17H28N2O5. The predicted molar refractivity (Wildman–Crippen MR) is 93.1 cm³/mol. The Morgan fingerprint density at radius 1 is 1.21 bits per heavy atom. The summed E-state index contributed by atoms with van der Waals surface area (Å²) in [4.78, 5) is 23.7. The van der Waals surface area contributed by atoms with Gasteiger partial charge in [-0.05, 0) is 18.6 Å². The molecule has 0 spiro atoms. The summed E-state index contributed by atoms with van der Waals surface area (Å²) < 4.78 is 14.9. The number of amides is 1. The summed E-state index contributed by atoms with van der Waals surface area (Å²) in [5, 5.41) is 2.59. The Morgan fingerprint density at radius 3 is 2.38 bits per heavy atom. The molecule has 1 amide bonds. The quantitative estimate of drug-likeness (QED) is 0.426. The summed E-state index contributed by atoms with van der Waals surface area (Å²) in [6.07, 6.45) is 0.427. The zero-order valence-electron chi connectivity index (χ0n) is 15.0. The summed E-state index contributed by atoms with van der Waals surface area (Å²) in [7, 11) is 2.86. The minimum absolute atomic E-state index is 0.270. The minimum Gasteiger partial charge on any atom is -0.491 e. The second-order valence-corrected chi connectivity index (χ2v) is 4.55. The first-order chi connectivity index (χ1) is 11.5. The molecule has 0 aliphatic rings. The van der Waals surface area contributed by atoms with Gasteiger partial charge in [0, 0.05) is 18.9 Å². The van der Waals surface area contributed by atoms with Gasteiger partial charge in [-0.2, -0.15) is 0 Å². The predicted octanol–water partition coefficient (Wildman–Crippen LogP) is 2.00. The molecule has 0 aliphatic heterocycles. The van der Waals surface area contributed by atoms with Crippen molar-refractivity contribution in [2.75, 3.05) is 33.2 Å². The minimum atomic E-state index is -0.700. The summed E-state index contributed by atoms with van der Waals surface area (Å²) in [6.45, 7) is 6.62. The molecule has 0 heterocycles. The van der Waals surface area contributed by atoms with E-state index >= 15 is 0 Å². The van der Waals surface area contributed by atoms with Gasteiger partial charge in [-0.15, -0.1) is 0 Å². The highest BCUT2D eigenvalue weighted by Gasteiger charge is 2.21. The number of nitrogens with two attached hydrogens (primary N) is 1. The number of carbonyl (C=O) groups excluding carboxylic acids is 2. The van der Waals surface area contributed by atoms with E-state index in [0.29, 0.717) is 25.4 Å². The third kappa shape index (κ3) is 6.87. The molecule has 3 N–H and O–H groups in total. The normalized spacial score (nSPS) is 10.9. The van der Waals surface area contributed by atoms with Gasteiger partial charge in [0.15, 0.2) is 0 Å². The van der Waals surface area contributed by atoms with Gasteiger partial charge in [0.1, 0.15) is 18.4 Å². The fourth-order valence-corrected chi connectivity index (χ4v) is 1.79. The summed E-state index contributed by atoms with van der Waals surface area (Å²) in [5.41, 5.74) is 6.41. The molecule has 24 heavy (non-hydrogen) atoms. The van der Waals surface area contributed by atoms with Crippen molar-refractivity contribution in [3.63, 3.8) is 0 Å². The number of nitrogens with one attached hydrogen (secondary N) is 1. The van der Waals surface area contributed by atoms with Crippen LogP contribution in [0.4, 0.5) is 5.69 Å². The molecule has 0 aromatic heterocycles. The van der Waals surface area contributed by atoms with Crippen molar-refractivity contribution in [1.82, 2.24) is 5.32 Å². The van der Waals surface area contributed by atoms with Crippen LogP contribution < -0.4 is 15.8 Å². The van der Waals surface area contributed by atoms with E-state index in [-0.39, 0.29) is 11.3 Å². The third-order valence-electron chi connectivity index (χ3n) is 3.02. The summed E-state index contributed by atoms with van der Waals surface area (Å²) >= 11 is 0. The van der Waals surface area contributed by atoms with E-state index in [4.69, 9.17) is 15.2 Å². The molecule has 0 aliphatic carbocycles. The first-order valence-electron chi connectivity index (χ1n) is 7.93. The molecule has 0 saturated carbocycles. The van der Waals surface area contributed by atoms with Gasteiger partial charge in [0.05, 0.1) is 19.3 Å². The van der Waals surface area contributed by atoms with Crippen molar-refractivity contribution in [1.29, 1.82) is 0 Å². The van der Waals surface area contributed by atoms with Crippen LogP contribution in [0.15, 0.2) is 18.2 Å². The van der Waals surface area contributed by atoms with Gasteiger partial charge in [-0.25, -0.2) is 4.79 Å². The monoisotopic (exact) mass is 340 g/mol. The fourth-order valence-electron chi connectivity index (χ4n) is 1.79. The average Bonchev–Trinajstić information content (AvgIpc) is 2.60. The molecule has 1 unspecified atom stereocenters. The van der Waals surface area contributed by atoms with Gasteiger partial charge in [-0.1, -0.05) is 20.8 Å². The molecule has 0 bridgehead atoms. The largest absolute Gasteiger partial charge is 0.491 e. The summed E-state index contributed by atoms with van der Waals surface area (Å²) in [5.74, 6) is -0.377. The number of benzene rings is 1. The van der Waals surface area contributed by atoms with Crippen LogP contribution in [0, 0.1) is 0 Å². The molecule has 136 valence electrons. The number of hydrogen-bond donors (Lipinski definition) is 2. The second-order valence-electron chi connectivity index (χ2n) is 4.55. The van der Waals surface area contributed by atoms with Crippen molar-refractivity contribution in [2.24, 2.45) is 0 Å². The van der Waals surface area contributed by atoms with Crippen molar-refractivity contribution in [3.05, 3.63) is 23.8 Å². The van der Waals surface area contributed by atoms with Crippen LogP contribution in [-0.2, 0) is 14.3 Å². The maximum atomic E-state index is 12.2. The average molecular weight is 340 g/mol. The number of anilines is 1. The number of hydrogen-bond acceptors (Lipinski definition) is 6. The topological polar surface area (TPSA) is 99.9 Å². The highest BCUT2D eigenvalue weighted by molar-refractivity contribution is 6.01. The lowest BCUT2D eigenvalue weighted by molar-refractivity contribution is -0.142. The SMILES string of the molecule is CC.CCC(NC(=O)c1ccc(OCCOC)cc1N)C(=O)OC. The van der Waals surface area contributed by atoms with E-state index < -0.39 is 17.9 Å². The molecular weight excluding hydrogens is 312 g/mol. The maximum Gasteiger partial charge on any atom is 0.328 e. The van der Waals surface area contributed by atoms with Crippen LogP contribution in [0.1, 0.15) is 37.6 Å². The lowest BCUT2D eigenvalue weighted by Crippen LogP contribution is -2.41. The van der Waals surface area contributed by atoms with Crippen molar-refractivity contribution in [3.8, 4) is 5.75 Å². The van der Waals surface area contributed by atoms with Crippen LogP contribution >= 0.6 is 0 Å². The second kappa shape index (κ2) is 12.2. The zero-order valence-corrected chi connectivity index (χ0v) is 15.0. The first kappa shape index (κ1) is 21.7. The number of rotatable bonds is 8. The molecule has 1 rings (SSSR count). The Labute approximate surface area is 143 Å². The zero-order chi connectivity index (χ0) is 18.5. The number of ether oxygens (including phenoxy) is 3. The number of nitrogen functional groups attached to an aromatic ring is 1.